The first-order valence-electron chi connectivity index (χ1n) is 7.69. The van der Waals surface area contributed by atoms with Gasteiger partial charge in [0.1, 0.15) is 6.54 Å². The number of nitrogens with one attached hydrogen (secondary N) is 1. The van der Waals surface area contributed by atoms with Crippen LogP contribution in [0.15, 0.2) is 46.3 Å². The van der Waals surface area contributed by atoms with Crippen LogP contribution in [0, 0.1) is 0 Å². The fraction of sp³-hybridized carbons (Fsp3) is 0.188. The summed E-state index contributed by atoms with van der Waals surface area (Å²) in [5.74, 6) is 0.141. The summed E-state index contributed by atoms with van der Waals surface area (Å²) in [4.78, 5) is 17.3. The molecule has 0 fully saturated rings. The Morgan fingerprint density at radius 3 is 2.81 bits per heavy atom. The molecule has 1 amide bonds. The molecule has 0 radical (unpaired) electrons. The normalized spacial score (nSPS) is 11.3. The van der Waals surface area contributed by atoms with Crippen molar-refractivity contribution in [1.82, 2.24) is 15.5 Å². The number of rotatable bonds is 7. The van der Waals surface area contributed by atoms with Gasteiger partial charge in [-0.3, -0.25) is 9.10 Å². The first-order chi connectivity index (χ1) is 12.8. The van der Waals surface area contributed by atoms with Crippen molar-refractivity contribution in [3.8, 4) is 10.7 Å². The van der Waals surface area contributed by atoms with Crippen LogP contribution in [-0.4, -0.2) is 37.3 Å². The molecule has 0 aliphatic heterocycles. The van der Waals surface area contributed by atoms with E-state index in [-0.39, 0.29) is 12.4 Å². The lowest BCUT2D eigenvalue weighted by atomic mass is 10.3. The second-order valence-corrected chi connectivity index (χ2v) is 8.81. The van der Waals surface area contributed by atoms with Crippen LogP contribution in [0.2, 0.25) is 5.02 Å². The van der Waals surface area contributed by atoms with E-state index in [0.717, 1.165) is 15.4 Å². The van der Waals surface area contributed by atoms with Gasteiger partial charge in [-0.15, -0.1) is 11.3 Å². The number of nitrogens with zero attached hydrogens (tertiary/aromatic N) is 3. The quantitative estimate of drug-likeness (QED) is 0.622. The summed E-state index contributed by atoms with van der Waals surface area (Å²) in [7, 11) is -3.67. The van der Waals surface area contributed by atoms with Crippen LogP contribution in [0.1, 0.15) is 5.89 Å². The molecule has 142 valence electrons. The number of thiophene rings is 1. The molecule has 0 saturated heterocycles. The lowest BCUT2D eigenvalue weighted by Crippen LogP contribution is -2.40. The number of carbonyl (C=O) groups excluding carboxylic acids is 1. The van der Waals surface area contributed by atoms with Crippen LogP contribution >= 0.6 is 22.9 Å². The second kappa shape index (κ2) is 8.07. The molecule has 8 nitrogen and oxygen atoms in total. The summed E-state index contributed by atoms with van der Waals surface area (Å²) in [6.07, 6.45) is 1.02. The zero-order valence-electron chi connectivity index (χ0n) is 14.1. The summed E-state index contributed by atoms with van der Waals surface area (Å²) in [6.45, 7) is -0.407. The molecule has 1 aromatic carbocycles. The highest BCUT2D eigenvalue weighted by atomic mass is 35.5. The molecule has 0 saturated carbocycles. The molecular weight excluding hydrogens is 412 g/mol. The van der Waals surface area contributed by atoms with Crippen molar-refractivity contribution in [2.45, 2.75) is 6.54 Å². The molecule has 0 unspecified atom stereocenters. The van der Waals surface area contributed by atoms with Gasteiger partial charge in [0.05, 0.1) is 23.4 Å². The van der Waals surface area contributed by atoms with E-state index < -0.39 is 22.5 Å². The second-order valence-electron chi connectivity index (χ2n) is 5.52. The fourth-order valence-electron chi connectivity index (χ4n) is 2.22. The Bertz CT molecular complexity index is 1030. The van der Waals surface area contributed by atoms with Crippen molar-refractivity contribution in [2.24, 2.45) is 0 Å². The van der Waals surface area contributed by atoms with Gasteiger partial charge in [0.25, 0.3) is 0 Å². The van der Waals surface area contributed by atoms with Crippen molar-refractivity contribution in [1.29, 1.82) is 0 Å². The molecule has 27 heavy (non-hydrogen) atoms. The average Bonchev–Trinajstić information content (AvgIpc) is 3.28. The minimum atomic E-state index is -3.67. The number of aromatic nitrogens is 2. The Labute approximate surface area is 164 Å². The summed E-state index contributed by atoms with van der Waals surface area (Å²) >= 11 is 7.38. The van der Waals surface area contributed by atoms with Crippen LogP contribution in [0.3, 0.4) is 0 Å². The summed E-state index contributed by atoms with van der Waals surface area (Å²) in [5.41, 5.74) is 0.304. The molecule has 1 N–H and O–H groups in total. The van der Waals surface area contributed by atoms with E-state index in [2.05, 4.69) is 15.5 Å². The number of hydrogen-bond acceptors (Lipinski definition) is 7. The van der Waals surface area contributed by atoms with E-state index in [4.69, 9.17) is 16.1 Å². The van der Waals surface area contributed by atoms with Gasteiger partial charge in [-0.1, -0.05) is 28.9 Å². The molecule has 0 aliphatic rings. The van der Waals surface area contributed by atoms with Crippen molar-refractivity contribution < 1.29 is 17.7 Å². The SMILES string of the molecule is CS(=O)(=O)N(CC(=O)NCc1nc(-c2cccs2)no1)c1cccc(Cl)c1. The van der Waals surface area contributed by atoms with E-state index in [9.17, 15) is 13.2 Å². The Kier molecular flexibility index (Phi) is 5.78. The van der Waals surface area contributed by atoms with Gasteiger partial charge in [0.15, 0.2) is 0 Å². The van der Waals surface area contributed by atoms with Gasteiger partial charge in [-0.25, -0.2) is 8.42 Å². The number of sulfonamides is 1. The smallest absolute Gasteiger partial charge is 0.246 e. The molecule has 2 heterocycles. The maximum Gasteiger partial charge on any atom is 0.246 e. The van der Waals surface area contributed by atoms with Gasteiger partial charge in [0.2, 0.25) is 27.6 Å². The summed E-state index contributed by atoms with van der Waals surface area (Å²) in [5, 5.41) is 8.68. The molecule has 11 heteroatoms. The van der Waals surface area contributed by atoms with E-state index in [1.807, 2.05) is 17.5 Å². The largest absolute Gasteiger partial charge is 0.345 e. The lowest BCUT2D eigenvalue weighted by Gasteiger charge is -2.21. The minimum absolute atomic E-state index is 0.00957. The van der Waals surface area contributed by atoms with Gasteiger partial charge >= 0.3 is 0 Å². The number of carbonyl (C=O) groups is 1. The Morgan fingerprint density at radius 1 is 1.33 bits per heavy atom. The third-order valence-electron chi connectivity index (χ3n) is 3.43. The first kappa shape index (κ1) is 19.3. The molecular formula is C16H15ClN4O4S2. The molecule has 0 spiro atoms. The van der Waals surface area contributed by atoms with E-state index in [0.29, 0.717) is 16.5 Å². The van der Waals surface area contributed by atoms with Gasteiger partial charge in [0, 0.05) is 5.02 Å². The molecule has 2 aromatic heterocycles. The van der Waals surface area contributed by atoms with Crippen molar-refractivity contribution in [3.63, 3.8) is 0 Å². The van der Waals surface area contributed by atoms with E-state index in [1.165, 1.54) is 17.4 Å². The molecule has 3 rings (SSSR count). The molecule has 3 aromatic rings. The monoisotopic (exact) mass is 426 g/mol. The van der Waals surface area contributed by atoms with Crippen molar-refractivity contribution in [2.75, 3.05) is 17.1 Å². The van der Waals surface area contributed by atoms with Crippen molar-refractivity contribution >= 4 is 44.6 Å². The number of anilines is 1. The van der Waals surface area contributed by atoms with E-state index in [1.54, 1.807) is 18.2 Å². The zero-order valence-corrected chi connectivity index (χ0v) is 16.5. The predicted octanol–water partition coefficient (Wildman–Crippen LogP) is 2.53. The maximum absolute atomic E-state index is 12.2. The minimum Gasteiger partial charge on any atom is -0.345 e. The third-order valence-corrected chi connectivity index (χ3v) is 5.67. The standard InChI is InChI=1S/C16H15ClN4O4S2/c1-27(23,24)21(12-5-2-4-11(17)8-12)10-14(22)18-9-15-19-16(20-25-15)13-6-3-7-26-13/h2-8H,9-10H2,1H3,(H,18,22). The maximum atomic E-state index is 12.2. The van der Waals surface area contributed by atoms with Gasteiger partial charge < -0.3 is 9.84 Å². The number of benzene rings is 1. The van der Waals surface area contributed by atoms with Crippen LogP contribution in [0.5, 0.6) is 0 Å². The first-order valence-corrected chi connectivity index (χ1v) is 10.8. The number of halogens is 1. The summed E-state index contributed by atoms with van der Waals surface area (Å²) < 4.78 is 30.2. The van der Waals surface area contributed by atoms with Gasteiger partial charge in [-0.05, 0) is 29.6 Å². The van der Waals surface area contributed by atoms with Crippen LogP contribution in [-0.2, 0) is 21.4 Å². The Hall–Kier alpha value is -2.43. The Morgan fingerprint density at radius 2 is 2.15 bits per heavy atom. The number of hydrogen-bond donors (Lipinski definition) is 1. The molecule has 0 aliphatic carbocycles. The highest BCUT2D eigenvalue weighted by Gasteiger charge is 2.21. The van der Waals surface area contributed by atoms with Crippen LogP contribution in [0.4, 0.5) is 5.69 Å². The van der Waals surface area contributed by atoms with E-state index >= 15 is 0 Å². The molecule has 0 atom stereocenters. The summed E-state index contributed by atoms with van der Waals surface area (Å²) in [6, 6.07) is 9.98. The lowest BCUT2D eigenvalue weighted by molar-refractivity contribution is -0.119. The molecule has 0 bridgehead atoms. The average molecular weight is 427 g/mol. The van der Waals surface area contributed by atoms with Crippen molar-refractivity contribution in [3.05, 3.63) is 52.7 Å². The van der Waals surface area contributed by atoms with Crippen LogP contribution < -0.4 is 9.62 Å². The van der Waals surface area contributed by atoms with Gasteiger partial charge in [-0.2, -0.15) is 4.98 Å². The third kappa shape index (κ3) is 5.06. The highest BCUT2D eigenvalue weighted by molar-refractivity contribution is 7.92. The Balaban J connectivity index is 1.65. The number of amides is 1. The fourth-order valence-corrected chi connectivity index (χ4v) is 3.91. The predicted molar refractivity (Wildman–Crippen MR) is 103 cm³/mol. The van der Waals surface area contributed by atoms with Crippen LogP contribution in [0.25, 0.3) is 10.7 Å². The zero-order chi connectivity index (χ0) is 19.4. The topological polar surface area (TPSA) is 105 Å². The highest BCUT2D eigenvalue weighted by Crippen LogP contribution is 2.22.